The molecule has 0 aliphatic carbocycles. The molecular weight excluding hydrogens is 318 g/mol. The van der Waals surface area contributed by atoms with Crippen molar-refractivity contribution in [3.8, 4) is 0 Å². The molecule has 1 aliphatic heterocycles. The monoisotopic (exact) mass is 339 g/mol. The van der Waals surface area contributed by atoms with Gasteiger partial charge < -0.3 is 16.0 Å². The third-order valence-electron chi connectivity index (χ3n) is 3.93. The van der Waals surface area contributed by atoms with Crippen LogP contribution in [0.2, 0.25) is 0 Å². The number of para-hydroxylation sites is 1. The van der Waals surface area contributed by atoms with Gasteiger partial charge in [-0.05, 0) is 53.0 Å². The fraction of sp³-hybridized carbons (Fsp3) is 0.533. The van der Waals surface area contributed by atoms with Crippen molar-refractivity contribution in [3.05, 3.63) is 28.7 Å². The topological polar surface area (TPSA) is 58.4 Å². The van der Waals surface area contributed by atoms with Crippen LogP contribution in [0.15, 0.2) is 28.7 Å². The molecule has 1 amide bonds. The number of amides is 1. The number of nitrogens with two attached hydrogens (primary N) is 1. The summed E-state index contributed by atoms with van der Waals surface area (Å²) in [7, 11) is 0. The Balaban J connectivity index is 1.78. The molecule has 0 saturated carbocycles. The lowest BCUT2D eigenvalue weighted by Gasteiger charge is -2.22. The summed E-state index contributed by atoms with van der Waals surface area (Å²) < 4.78 is 0.908. The van der Waals surface area contributed by atoms with Gasteiger partial charge in [0, 0.05) is 24.0 Å². The molecule has 3 N–H and O–H groups in total. The molecule has 2 rings (SSSR count). The molecule has 1 aliphatic rings. The van der Waals surface area contributed by atoms with Crippen LogP contribution in [-0.4, -0.2) is 37.0 Å². The second kappa shape index (κ2) is 6.70. The summed E-state index contributed by atoms with van der Waals surface area (Å²) in [4.78, 5) is 14.3. The van der Waals surface area contributed by atoms with Crippen LogP contribution in [0.25, 0.3) is 0 Å². The molecule has 0 radical (unpaired) electrons. The number of carbonyl (C=O) groups excluding carboxylic acids is 1. The number of nitrogens with one attached hydrogen (secondary N) is 1. The summed E-state index contributed by atoms with van der Waals surface area (Å²) in [5.41, 5.74) is 6.84. The molecule has 20 heavy (non-hydrogen) atoms. The van der Waals surface area contributed by atoms with Crippen molar-refractivity contribution >= 4 is 27.5 Å². The first kappa shape index (κ1) is 15.5. The van der Waals surface area contributed by atoms with Crippen LogP contribution in [0.4, 0.5) is 5.69 Å². The zero-order chi connectivity index (χ0) is 14.6. The molecule has 0 spiro atoms. The second-order valence-corrected chi connectivity index (χ2v) is 6.67. The van der Waals surface area contributed by atoms with E-state index in [4.69, 9.17) is 5.73 Å². The van der Waals surface area contributed by atoms with Crippen LogP contribution in [0.1, 0.15) is 19.8 Å². The van der Waals surface area contributed by atoms with Gasteiger partial charge in [0.25, 0.3) is 0 Å². The molecule has 1 heterocycles. The van der Waals surface area contributed by atoms with Crippen LogP contribution in [0.3, 0.4) is 0 Å². The minimum Gasteiger partial charge on any atom is -0.330 e. The van der Waals surface area contributed by atoms with Crippen molar-refractivity contribution < 1.29 is 4.79 Å². The van der Waals surface area contributed by atoms with Crippen LogP contribution in [0.5, 0.6) is 0 Å². The van der Waals surface area contributed by atoms with E-state index in [1.807, 2.05) is 24.3 Å². The average Bonchev–Trinajstić information content (AvgIpc) is 2.82. The lowest BCUT2D eigenvalue weighted by atomic mass is 9.90. The predicted molar refractivity (Wildman–Crippen MR) is 85.6 cm³/mol. The Bertz CT molecular complexity index is 480. The summed E-state index contributed by atoms with van der Waals surface area (Å²) in [5.74, 6) is 0.0539. The van der Waals surface area contributed by atoms with Gasteiger partial charge >= 0.3 is 0 Å². The molecule has 1 atom stereocenters. The van der Waals surface area contributed by atoms with Gasteiger partial charge in [0.05, 0.1) is 5.69 Å². The maximum absolute atomic E-state index is 12.0. The molecule has 110 valence electrons. The Kier molecular flexibility index (Phi) is 5.18. The number of halogens is 1. The number of hydrogen-bond donors (Lipinski definition) is 2. The van der Waals surface area contributed by atoms with Crippen molar-refractivity contribution in [3.63, 3.8) is 0 Å². The third-order valence-corrected chi connectivity index (χ3v) is 4.62. The maximum Gasteiger partial charge on any atom is 0.225 e. The van der Waals surface area contributed by atoms with Gasteiger partial charge in [-0.1, -0.05) is 19.1 Å². The fourth-order valence-electron chi connectivity index (χ4n) is 2.52. The number of anilines is 1. The SMILES string of the molecule is CC1(CN)CCN(CCC(=O)Nc2ccccc2Br)C1. The Hall–Kier alpha value is -0.910. The van der Waals surface area contributed by atoms with Gasteiger partial charge in [0.15, 0.2) is 0 Å². The second-order valence-electron chi connectivity index (χ2n) is 5.82. The zero-order valence-corrected chi connectivity index (χ0v) is 13.4. The Labute approximate surface area is 128 Å². The number of rotatable bonds is 5. The van der Waals surface area contributed by atoms with E-state index in [0.29, 0.717) is 13.0 Å². The van der Waals surface area contributed by atoms with E-state index >= 15 is 0 Å². The van der Waals surface area contributed by atoms with Crippen molar-refractivity contribution in [2.24, 2.45) is 11.1 Å². The summed E-state index contributed by atoms with van der Waals surface area (Å²) in [6.45, 7) is 5.76. The zero-order valence-electron chi connectivity index (χ0n) is 11.9. The minimum atomic E-state index is 0.0539. The molecule has 1 unspecified atom stereocenters. The Morgan fingerprint density at radius 2 is 2.25 bits per heavy atom. The van der Waals surface area contributed by atoms with E-state index in [2.05, 4.69) is 33.1 Å². The normalized spacial score (nSPS) is 22.9. The molecule has 1 aromatic rings. The Morgan fingerprint density at radius 3 is 2.90 bits per heavy atom. The van der Waals surface area contributed by atoms with E-state index in [-0.39, 0.29) is 11.3 Å². The van der Waals surface area contributed by atoms with Crippen molar-refractivity contribution in [1.29, 1.82) is 0 Å². The maximum atomic E-state index is 12.0. The first-order valence-corrected chi connectivity index (χ1v) is 7.78. The van der Waals surface area contributed by atoms with Crippen molar-refractivity contribution in [2.45, 2.75) is 19.8 Å². The van der Waals surface area contributed by atoms with E-state index in [1.165, 1.54) is 0 Å². The summed E-state index contributed by atoms with van der Waals surface area (Å²) in [6, 6.07) is 7.65. The number of nitrogens with zero attached hydrogens (tertiary/aromatic N) is 1. The molecule has 0 aromatic heterocycles. The van der Waals surface area contributed by atoms with Gasteiger partial charge in [-0.3, -0.25) is 4.79 Å². The lowest BCUT2D eigenvalue weighted by molar-refractivity contribution is -0.116. The summed E-state index contributed by atoms with van der Waals surface area (Å²) in [5, 5.41) is 2.93. The summed E-state index contributed by atoms with van der Waals surface area (Å²) >= 11 is 3.43. The third kappa shape index (κ3) is 4.04. The highest BCUT2D eigenvalue weighted by molar-refractivity contribution is 9.10. The highest BCUT2D eigenvalue weighted by atomic mass is 79.9. The predicted octanol–water partition coefficient (Wildman–Crippen LogP) is 2.45. The highest BCUT2D eigenvalue weighted by Gasteiger charge is 2.32. The smallest absolute Gasteiger partial charge is 0.225 e. The van der Waals surface area contributed by atoms with Gasteiger partial charge in [0.1, 0.15) is 0 Å². The first-order chi connectivity index (χ1) is 9.52. The molecule has 1 aromatic carbocycles. The average molecular weight is 340 g/mol. The summed E-state index contributed by atoms with van der Waals surface area (Å²) in [6.07, 6.45) is 1.64. The van der Waals surface area contributed by atoms with E-state index in [9.17, 15) is 4.79 Å². The van der Waals surface area contributed by atoms with E-state index in [0.717, 1.165) is 36.2 Å². The molecular formula is C15H22BrN3O. The minimum absolute atomic E-state index is 0.0539. The van der Waals surface area contributed by atoms with Gasteiger partial charge in [0.2, 0.25) is 5.91 Å². The molecule has 5 heteroatoms. The van der Waals surface area contributed by atoms with Crippen LogP contribution < -0.4 is 11.1 Å². The number of benzene rings is 1. The van der Waals surface area contributed by atoms with Crippen LogP contribution >= 0.6 is 15.9 Å². The highest BCUT2D eigenvalue weighted by Crippen LogP contribution is 2.28. The molecule has 1 saturated heterocycles. The van der Waals surface area contributed by atoms with Gasteiger partial charge in [-0.25, -0.2) is 0 Å². The van der Waals surface area contributed by atoms with Gasteiger partial charge in [-0.15, -0.1) is 0 Å². The number of carbonyl (C=O) groups is 1. The molecule has 4 nitrogen and oxygen atoms in total. The van der Waals surface area contributed by atoms with E-state index < -0.39 is 0 Å². The van der Waals surface area contributed by atoms with E-state index in [1.54, 1.807) is 0 Å². The first-order valence-electron chi connectivity index (χ1n) is 6.99. The number of hydrogen-bond acceptors (Lipinski definition) is 3. The van der Waals surface area contributed by atoms with Crippen molar-refractivity contribution in [2.75, 3.05) is 31.5 Å². The van der Waals surface area contributed by atoms with Crippen molar-refractivity contribution in [1.82, 2.24) is 4.90 Å². The molecule has 1 fully saturated rings. The molecule has 0 bridgehead atoms. The standard InChI is InChI=1S/C15H22BrN3O/c1-15(10-17)7-9-19(11-15)8-6-14(20)18-13-5-3-2-4-12(13)16/h2-5H,6-11,17H2,1H3,(H,18,20). The fourth-order valence-corrected chi connectivity index (χ4v) is 2.90. The lowest BCUT2D eigenvalue weighted by Crippen LogP contribution is -2.32. The van der Waals surface area contributed by atoms with Crippen LogP contribution in [-0.2, 0) is 4.79 Å². The largest absolute Gasteiger partial charge is 0.330 e. The van der Waals surface area contributed by atoms with Crippen LogP contribution in [0, 0.1) is 5.41 Å². The number of likely N-dealkylation sites (tertiary alicyclic amines) is 1. The van der Waals surface area contributed by atoms with Gasteiger partial charge in [-0.2, -0.15) is 0 Å². The Morgan fingerprint density at radius 1 is 1.50 bits per heavy atom. The quantitative estimate of drug-likeness (QED) is 0.866.